The molecule has 3 rings (SSSR count). The molecule has 1 heterocycles. The number of amides is 1. The summed E-state index contributed by atoms with van der Waals surface area (Å²) in [5.41, 5.74) is 0.547. The second kappa shape index (κ2) is 9.03. The van der Waals surface area contributed by atoms with Gasteiger partial charge in [-0.05, 0) is 56.7 Å². The average Bonchev–Trinajstić information content (AvgIpc) is 3.23. The highest BCUT2D eigenvalue weighted by atomic mass is 79.9. The molecule has 0 aliphatic carbocycles. The van der Waals surface area contributed by atoms with Crippen LogP contribution < -0.4 is 9.46 Å². The molecular formula is C22H23BrFN3O4S. The predicted molar refractivity (Wildman–Crippen MR) is 122 cm³/mol. The molecule has 0 saturated heterocycles. The number of benzene rings is 2. The molecule has 170 valence electrons. The zero-order valence-electron chi connectivity index (χ0n) is 18.0. The van der Waals surface area contributed by atoms with Gasteiger partial charge in [-0.3, -0.25) is 9.48 Å². The van der Waals surface area contributed by atoms with Crippen molar-refractivity contribution in [1.29, 1.82) is 0 Å². The normalized spacial score (nSPS) is 11.9. The van der Waals surface area contributed by atoms with Gasteiger partial charge in [-0.15, -0.1) is 0 Å². The molecule has 10 heteroatoms. The predicted octanol–water partition coefficient (Wildman–Crippen LogP) is 4.26. The van der Waals surface area contributed by atoms with Crippen molar-refractivity contribution in [3.05, 3.63) is 75.8 Å². The minimum absolute atomic E-state index is 0.0605. The number of carbonyl (C=O) groups excluding carboxylic acids is 1. The third-order valence-electron chi connectivity index (χ3n) is 4.84. The van der Waals surface area contributed by atoms with Gasteiger partial charge < -0.3 is 4.74 Å². The Kier molecular flexibility index (Phi) is 6.75. The second-order valence-corrected chi connectivity index (χ2v) is 10.6. The molecular weight excluding hydrogens is 501 g/mol. The molecule has 0 radical (unpaired) electrons. The van der Waals surface area contributed by atoms with Crippen molar-refractivity contribution in [2.24, 2.45) is 0 Å². The van der Waals surface area contributed by atoms with Crippen LogP contribution in [0.1, 0.15) is 42.3 Å². The first-order valence-corrected chi connectivity index (χ1v) is 11.9. The first kappa shape index (κ1) is 23.9. The summed E-state index contributed by atoms with van der Waals surface area (Å²) >= 11 is 3.16. The van der Waals surface area contributed by atoms with Gasteiger partial charge in [0, 0.05) is 12.4 Å². The van der Waals surface area contributed by atoms with Crippen LogP contribution in [0.3, 0.4) is 0 Å². The largest absolute Gasteiger partial charge is 0.495 e. The molecule has 0 aliphatic rings. The molecule has 2 aromatic carbocycles. The highest BCUT2D eigenvalue weighted by molar-refractivity contribution is 9.10. The van der Waals surface area contributed by atoms with Crippen molar-refractivity contribution >= 4 is 31.9 Å². The van der Waals surface area contributed by atoms with Gasteiger partial charge in [-0.25, -0.2) is 17.5 Å². The lowest BCUT2D eigenvalue weighted by molar-refractivity contribution is 0.0977. The van der Waals surface area contributed by atoms with E-state index < -0.39 is 27.3 Å². The lowest BCUT2D eigenvalue weighted by Gasteiger charge is -2.21. The SMILES string of the molecule is COc1ccc(C(C)(C)C)cc1S(=O)(=O)NC(=O)c1ccc(Cn2cccn2)c(Br)c1F. The van der Waals surface area contributed by atoms with Crippen LogP contribution in [0.4, 0.5) is 4.39 Å². The van der Waals surface area contributed by atoms with E-state index in [-0.39, 0.29) is 27.1 Å². The van der Waals surface area contributed by atoms with E-state index in [2.05, 4.69) is 21.0 Å². The number of hydrogen-bond donors (Lipinski definition) is 1. The van der Waals surface area contributed by atoms with E-state index >= 15 is 0 Å². The lowest BCUT2D eigenvalue weighted by Crippen LogP contribution is -2.32. The minimum atomic E-state index is -4.33. The second-order valence-electron chi connectivity index (χ2n) is 8.15. The molecule has 7 nitrogen and oxygen atoms in total. The van der Waals surface area contributed by atoms with Gasteiger partial charge in [0.05, 0.1) is 23.7 Å². The fraction of sp³-hybridized carbons (Fsp3) is 0.273. The Hall–Kier alpha value is -2.72. The van der Waals surface area contributed by atoms with Gasteiger partial charge in [0.25, 0.3) is 15.9 Å². The van der Waals surface area contributed by atoms with Crippen molar-refractivity contribution in [2.45, 2.75) is 37.6 Å². The monoisotopic (exact) mass is 523 g/mol. The summed E-state index contributed by atoms with van der Waals surface area (Å²) in [6, 6.07) is 9.26. The minimum Gasteiger partial charge on any atom is -0.495 e. The Morgan fingerprint density at radius 1 is 1.25 bits per heavy atom. The van der Waals surface area contributed by atoms with Crippen LogP contribution >= 0.6 is 15.9 Å². The highest BCUT2D eigenvalue weighted by Crippen LogP contribution is 2.31. The first-order chi connectivity index (χ1) is 14.9. The summed E-state index contributed by atoms with van der Waals surface area (Å²) in [6.45, 7) is 6.08. The van der Waals surface area contributed by atoms with Crippen LogP contribution in [-0.4, -0.2) is 31.2 Å². The van der Waals surface area contributed by atoms with Gasteiger partial charge in [0.15, 0.2) is 0 Å². The third kappa shape index (κ3) is 5.02. The fourth-order valence-electron chi connectivity index (χ4n) is 3.04. The number of nitrogens with zero attached hydrogens (tertiary/aromatic N) is 2. The maximum Gasteiger partial charge on any atom is 0.268 e. The number of halogens is 2. The molecule has 0 spiro atoms. The van der Waals surface area contributed by atoms with Crippen LogP contribution in [0.15, 0.2) is 58.2 Å². The number of methoxy groups -OCH3 is 1. The summed E-state index contributed by atoms with van der Waals surface area (Å²) in [5.74, 6) is -1.87. The molecule has 0 unspecified atom stereocenters. The summed E-state index contributed by atoms with van der Waals surface area (Å²) in [5, 5.41) is 4.07. The topological polar surface area (TPSA) is 90.3 Å². The van der Waals surface area contributed by atoms with Crippen molar-refractivity contribution in [2.75, 3.05) is 7.11 Å². The van der Waals surface area contributed by atoms with Crippen molar-refractivity contribution in [3.8, 4) is 5.75 Å². The number of hydrogen-bond acceptors (Lipinski definition) is 5. The van der Waals surface area contributed by atoms with E-state index in [0.29, 0.717) is 5.56 Å². The van der Waals surface area contributed by atoms with Gasteiger partial charge >= 0.3 is 0 Å². The van der Waals surface area contributed by atoms with Gasteiger partial charge in [0.1, 0.15) is 16.5 Å². The number of sulfonamides is 1. The van der Waals surface area contributed by atoms with E-state index in [4.69, 9.17) is 4.74 Å². The van der Waals surface area contributed by atoms with Crippen LogP contribution in [0.2, 0.25) is 0 Å². The molecule has 1 N–H and O–H groups in total. The zero-order valence-corrected chi connectivity index (χ0v) is 20.4. The number of nitrogens with one attached hydrogen (secondary N) is 1. The smallest absolute Gasteiger partial charge is 0.268 e. The molecule has 0 aliphatic heterocycles. The Labute approximate surface area is 194 Å². The molecule has 0 fully saturated rings. The van der Waals surface area contributed by atoms with Crippen LogP contribution in [0, 0.1) is 5.82 Å². The third-order valence-corrected chi connectivity index (χ3v) is 7.05. The van der Waals surface area contributed by atoms with Gasteiger partial charge in [-0.1, -0.05) is 32.9 Å². The summed E-state index contributed by atoms with van der Waals surface area (Å²) in [4.78, 5) is 12.5. The van der Waals surface area contributed by atoms with E-state index in [1.807, 2.05) is 25.5 Å². The molecule has 0 atom stereocenters. The van der Waals surface area contributed by atoms with E-state index in [1.54, 1.807) is 29.2 Å². The van der Waals surface area contributed by atoms with Crippen LogP contribution in [0.25, 0.3) is 0 Å². The van der Waals surface area contributed by atoms with Gasteiger partial charge in [-0.2, -0.15) is 5.10 Å². The number of rotatable bonds is 6. The maximum absolute atomic E-state index is 14.9. The molecule has 32 heavy (non-hydrogen) atoms. The summed E-state index contributed by atoms with van der Waals surface area (Å²) in [7, 11) is -3.00. The number of aromatic nitrogens is 2. The van der Waals surface area contributed by atoms with Crippen molar-refractivity contribution < 1.29 is 22.3 Å². The molecule has 0 bridgehead atoms. The molecule has 1 aromatic heterocycles. The van der Waals surface area contributed by atoms with Gasteiger partial charge in [0.2, 0.25) is 0 Å². The summed E-state index contributed by atoms with van der Waals surface area (Å²) in [6.07, 6.45) is 3.32. The van der Waals surface area contributed by atoms with Crippen LogP contribution in [0.5, 0.6) is 5.75 Å². The Morgan fingerprint density at radius 2 is 1.97 bits per heavy atom. The van der Waals surface area contributed by atoms with E-state index in [1.165, 1.54) is 31.4 Å². The Morgan fingerprint density at radius 3 is 2.56 bits per heavy atom. The maximum atomic E-state index is 14.9. The lowest BCUT2D eigenvalue weighted by atomic mass is 9.87. The highest BCUT2D eigenvalue weighted by Gasteiger charge is 2.27. The van der Waals surface area contributed by atoms with Crippen LogP contribution in [-0.2, 0) is 22.0 Å². The summed E-state index contributed by atoms with van der Waals surface area (Å²) < 4.78 is 49.7. The molecule has 3 aromatic rings. The zero-order chi connectivity index (χ0) is 23.7. The first-order valence-electron chi connectivity index (χ1n) is 9.64. The Bertz CT molecular complexity index is 1250. The van der Waals surface area contributed by atoms with Crippen molar-refractivity contribution in [3.63, 3.8) is 0 Å². The van der Waals surface area contributed by atoms with Crippen molar-refractivity contribution in [1.82, 2.24) is 14.5 Å². The van der Waals surface area contributed by atoms with E-state index in [0.717, 1.165) is 5.56 Å². The quantitative estimate of drug-likeness (QED) is 0.521. The standard InChI is InChI=1S/C22H23BrFN3O4S/c1-22(2,3)15-7-9-17(31-4)18(12-15)32(29,30)26-21(28)16-8-6-14(19(23)20(16)24)13-27-11-5-10-25-27/h5-12H,13H2,1-4H3,(H,26,28). The Balaban J connectivity index is 1.92. The van der Waals surface area contributed by atoms with E-state index in [9.17, 15) is 17.6 Å². The fourth-order valence-corrected chi connectivity index (χ4v) is 4.67. The molecule has 0 saturated carbocycles. The molecule has 1 amide bonds. The number of ether oxygens (including phenoxy) is 1. The average molecular weight is 524 g/mol. The number of carbonyl (C=O) groups is 1.